The second-order valence-electron chi connectivity index (χ2n) is 6.94. The zero-order chi connectivity index (χ0) is 14.9. The van der Waals surface area contributed by atoms with Gasteiger partial charge in [0.2, 0.25) is 5.91 Å². The van der Waals surface area contributed by atoms with Gasteiger partial charge in [0.15, 0.2) is 0 Å². The Balaban J connectivity index is 1.25. The van der Waals surface area contributed by atoms with Crippen LogP contribution < -0.4 is 5.32 Å². The van der Waals surface area contributed by atoms with E-state index in [-0.39, 0.29) is 5.91 Å². The maximum Gasteiger partial charge on any atom is 0.220 e. The van der Waals surface area contributed by atoms with Crippen molar-refractivity contribution in [1.29, 1.82) is 0 Å². The van der Waals surface area contributed by atoms with Crippen molar-refractivity contribution in [2.24, 2.45) is 17.8 Å². The SMILES string of the molecule is O=C(C[C@H]1C[C@H]2CC[C@H]1C2)NCCc1cn2ccccc2n1. The Morgan fingerprint density at radius 1 is 1.32 bits per heavy atom. The van der Waals surface area contributed by atoms with Crippen LogP contribution in [-0.2, 0) is 11.2 Å². The van der Waals surface area contributed by atoms with Crippen LogP contribution in [0, 0.1) is 17.8 Å². The van der Waals surface area contributed by atoms with Crippen LogP contribution in [0.2, 0.25) is 0 Å². The molecule has 4 nitrogen and oxygen atoms in total. The lowest BCUT2D eigenvalue weighted by Gasteiger charge is -2.20. The first-order valence-electron chi connectivity index (χ1n) is 8.47. The molecule has 22 heavy (non-hydrogen) atoms. The van der Waals surface area contributed by atoms with Crippen LogP contribution in [0.5, 0.6) is 0 Å². The van der Waals surface area contributed by atoms with Crippen molar-refractivity contribution in [3.05, 3.63) is 36.3 Å². The summed E-state index contributed by atoms with van der Waals surface area (Å²) in [6, 6.07) is 5.98. The topological polar surface area (TPSA) is 46.4 Å². The highest BCUT2D eigenvalue weighted by molar-refractivity contribution is 5.76. The van der Waals surface area contributed by atoms with Crippen molar-refractivity contribution >= 4 is 11.6 Å². The third-order valence-corrected chi connectivity index (χ3v) is 5.45. The Morgan fingerprint density at radius 3 is 3.05 bits per heavy atom. The number of carbonyl (C=O) groups excluding carboxylic acids is 1. The van der Waals surface area contributed by atoms with Gasteiger partial charge in [-0.15, -0.1) is 0 Å². The smallest absolute Gasteiger partial charge is 0.220 e. The van der Waals surface area contributed by atoms with Crippen LogP contribution in [0.4, 0.5) is 0 Å². The van der Waals surface area contributed by atoms with Gasteiger partial charge in [-0.05, 0) is 49.1 Å². The average Bonchev–Trinajstić information content (AvgIpc) is 3.21. The summed E-state index contributed by atoms with van der Waals surface area (Å²) >= 11 is 0. The van der Waals surface area contributed by atoms with E-state index in [4.69, 9.17) is 0 Å². The maximum absolute atomic E-state index is 12.1. The highest BCUT2D eigenvalue weighted by atomic mass is 16.1. The minimum absolute atomic E-state index is 0.223. The molecule has 4 heteroatoms. The predicted molar refractivity (Wildman–Crippen MR) is 85.5 cm³/mol. The molecule has 0 unspecified atom stereocenters. The van der Waals surface area contributed by atoms with Crippen molar-refractivity contribution in [3.63, 3.8) is 0 Å². The molecular formula is C18H23N3O. The van der Waals surface area contributed by atoms with E-state index in [1.165, 1.54) is 25.7 Å². The van der Waals surface area contributed by atoms with Gasteiger partial charge in [0, 0.05) is 31.8 Å². The standard InChI is InChI=1S/C18H23N3O/c22-18(11-15-10-13-4-5-14(15)9-13)19-7-6-16-12-21-8-2-1-3-17(21)20-16/h1-3,8,12-15H,4-7,9-11H2,(H,19,22)/t13-,14-,15+/m0/s1. The number of pyridine rings is 1. The van der Waals surface area contributed by atoms with Crippen LogP contribution in [0.15, 0.2) is 30.6 Å². The summed E-state index contributed by atoms with van der Waals surface area (Å²) in [6.45, 7) is 0.684. The molecule has 2 aliphatic rings. The van der Waals surface area contributed by atoms with Crippen molar-refractivity contribution in [2.45, 2.75) is 38.5 Å². The number of carbonyl (C=O) groups is 1. The molecule has 4 rings (SSSR count). The van der Waals surface area contributed by atoms with Crippen molar-refractivity contribution in [3.8, 4) is 0 Å². The third kappa shape index (κ3) is 2.74. The van der Waals surface area contributed by atoms with E-state index in [0.29, 0.717) is 12.5 Å². The Bertz CT molecular complexity index is 645. The molecule has 0 aromatic carbocycles. The van der Waals surface area contributed by atoms with Gasteiger partial charge in [0.25, 0.3) is 0 Å². The number of hydrogen-bond donors (Lipinski definition) is 1. The van der Waals surface area contributed by atoms with Crippen LogP contribution in [0.25, 0.3) is 5.65 Å². The van der Waals surface area contributed by atoms with Gasteiger partial charge in [-0.2, -0.15) is 0 Å². The minimum atomic E-state index is 0.223. The van der Waals surface area contributed by atoms with Gasteiger partial charge in [0.1, 0.15) is 5.65 Å². The lowest BCUT2D eigenvalue weighted by Crippen LogP contribution is -2.29. The fourth-order valence-corrected chi connectivity index (χ4v) is 4.37. The van der Waals surface area contributed by atoms with Gasteiger partial charge in [-0.25, -0.2) is 4.98 Å². The molecular weight excluding hydrogens is 274 g/mol. The third-order valence-electron chi connectivity index (χ3n) is 5.45. The molecule has 0 spiro atoms. The molecule has 2 aromatic rings. The number of nitrogens with one attached hydrogen (secondary N) is 1. The Morgan fingerprint density at radius 2 is 2.27 bits per heavy atom. The van der Waals surface area contributed by atoms with E-state index in [1.807, 2.05) is 35.0 Å². The van der Waals surface area contributed by atoms with Gasteiger partial charge in [-0.3, -0.25) is 4.79 Å². The summed E-state index contributed by atoms with van der Waals surface area (Å²) in [5.41, 5.74) is 2.00. The van der Waals surface area contributed by atoms with Crippen molar-refractivity contribution < 1.29 is 4.79 Å². The number of nitrogens with zero attached hydrogens (tertiary/aromatic N) is 2. The molecule has 2 bridgehead atoms. The second-order valence-corrected chi connectivity index (χ2v) is 6.94. The largest absolute Gasteiger partial charge is 0.356 e. The van der Waals surface area contributed by atoms with Crippen molar-refractivity contribution in [2.75, 3.05) is 6.54 Å². The Labute approximate surface area is 130 Å². The molecule has 2 fully saturated rings. The summed E-state index contributed by atoms with van der Waals surface area (Å²) < 4.78 is 2.02. The molecule has 0 saturated heterocycles. The summed E-state index contributed by atoms with van der Waals surface area (Å²) in [6.07, 6.45) is 11.0. The molecule has 2 heterocycles. The molecule has 1 N–H and O–H groups in total. The highest BCUT2D eigenvalue weighted by Crippen LogP contribution is 2.49. The number of amides is 1. The first-order chi connectivity index (χ1) is 10.8. The van der Waals surface area contributed by atoms with E-state index >= 15 is 0 Å². The van der Waals surface area contributed by atoms with E-state index in [1.54, 1.807) is 0 Å². The molecule has 1 amide bonds. The highest BCUT2D eigenvalue weighted by Gasteiger charge is 2.39. The first-order valence-corrected chi connectivity index (χ1v) is 8.47. The van der Waals surface area contributed by atoms with E-state index in [0.717, 1.165) is 36.0 Å². The summed E-state index contributed by atoms with van der Waals surface area (Å²) in [5, 5.41) is 3.07. The average molecular weight is 297 g/mol. The molecule has 2 saturated carbocycles. The van der Waals surface area contributed by atoms with Crippen molar-refractivity contribution in [1.82, 2.24) is 14.7 Å². The molecule has 116 valence electrons. The number of imidazole rings is 1. The second kappa shape index (κ2) is 5.75. The number of hydrogen-bond acceptors (Lipinski definition) is 2. The maximum atomic E-state index is 12.1. The van der Waals surface area contributed by atoms with Gasteiger partial charge in [0.05, 0.1) is 5.69 Å². The summed E-state index contributed by atoms with van der Waals surface area (Å²) in [7, 11) is 0. The molecule has 2 aromatic heterocycles. The lowest BCUT2D eigenvalue weighted by atomic mass is 9.86. The molecule has 3 atom stereocenters. The van der Waals surface area contributed by atoms with E-state index in [2.05, 4.69) is 10.3 Å². The predicted octanol–water partition coefficient (Wildman–Crippen LogP) is 2.82. The molecule has 0 radical (unpaired) electrons. The van der Waals surface area contributed by atoms with E-state index < -0.39 is 0 Å². The fourth-order valence-electron chi connectivity index (χ4n) is 4.37. The van der Waals surface area contributed by atoms with Gasteiger partial charge >= 0.3 is 0 Å². The lowest BCUT2D eigenvalue weighted by molar-refractivity contribution is -0.122. The summed E-state index contributed by atoms with van der Waals surface area (Å²) in [4.78, 5) is 16.7. The number of aromatic nitrogens is 2. The Hall–Kier alpha value is -1.84. The van der Waals surface area contributed by atoms with Gasteiger partial charge in [-0.1, -0.05) is 12.5 Å². The minimum Gasteiger partial charge on any atom is -0.356 e. The molecule has 2 aliphatic carbocycles. The molecule has 0 aliphatic heterocycles. The normalized spacial score (nSPS) is 26.6. The van der Waals surface area contributed by atoms with E-state index in [9.17, 15) is 4.79 Å². The number of rotatable bonds is 5. The number of fused-ring (bicyclic) bond motifs is 3. The van der Waals surface area contributed by atoms with Crippen LogP contribution in [-0.4, -0.2) is 21.8 Å². The first kappa shape index (κ1) is 13.8. The fraction of sp³-hybridized carbons (Fsp3) is 0.556. The quantitative estimate of drug-likeness (QED) is 0.922. The zero-order valence-corrected chi connectivity index (χ0v) is 12.9. The Kier molecular flexibility index (Phi) is 3.60. The van der Waals surface area contributed by atoms with Crippen LogP contribution >= 0.6 is 0 Å². The monoisotopic (exact) mass is 297 g/mol. The van der Waals surface area contributed by atoms with Crippen LogP contribution in [0.3, 0.4) is 0 Å². The zero-order valence-electron chi connectivity index (χ0n) is 12.9. The van der Waals surface area contributed by atoms with Crippen LogP contribution in [0.1, 0.15) is 37.8 Å². The van der Waals surface area contributed by atoms with Gasteiger partial charge < -0.3 is 9.72 Å². The summed E-state index contributed by atoms with van der Waals surface area (Å²) in [5.74, 6) is 2.62.